The van der Waals surface area contributed by atoms with E-state index >= 15 is 0 Å². The first-order valence-corrected chi connectivity index (χ1v) is 8.22. The maximum atomic E-state index is 11.9. The van der Waals surface area contributed by atoms with Gasteiger partial charge in [-0.05, 0) is 17.7 Å². The number of carboxylic acid groups (broad SMARTS) is 1. The number of halogens is 2. The Morgan fingerprint density at radius 3 is 2.61 bits per heavy atom. The van der Waals surface area contributed by atoms with Crippen molar-refractivity contribution in [3.05, 3.63) is 33.8 Å². The monoisotopic (exact) mass is 356 g/mol. The Kier molecular flexibility index (Phi) is 4.29. The second-order valence-electron chi connectivity index (χ2n) is 6.46. The minimum Gasteiger partial charge on any atom is -0.481 e. The summed E-state index contributed by atoms with van der Waals surface area (Å²) in [5, 5.41) is 10.9. The minimum absolute atomic E-state index is 0.0463. The van der Waals surface area contributed by atoms with Gasteiger partial charge in [0.15, 0.2) is 0 Å². The third kappa shape index (κ3) is 2.93. The normalized spacial score (nSPS) is 27.3. The standard InChI is InChI=1S/C16H18Cl2N2O3/c1-10(21)20-7-12-6-19(8-16(12,9-20)15(22)23)5-11-2-3-13(17)4-14(11)18/h2-4,12H,5-9H2,1H3,(H,22,23)/t12?,16-/m0/s1. The van der Waals surface area contributed by atoms with E-state index < -0.39 is 11.4 Å². The molecule has 2 aliphatic heterocycles. The Bertz CT molecular complexity index is 667. The van der Waals surface area contributed by atoms with E-state index in [-0.39, 0.29) is 18.4 Å². The first-order chi connectivity index (χ1) is 10.8. The van der Waals surface area contributed by atoms with Gasteiger partial charge in [-0.15, -0.1) is 0 Å². The quantitative estimate of drug-likeness (QED) is 0.902. The van der Waals surface area contributed by atoms with Crippen LogP contribution in [0.2, 0.25) is 10.0 Å². The molecule has 0 aromatic heterocycles. The number of amides is 1. The van der Waals surface area contributed by atoms with Gasteiger partial charge >= 0.3 is 5.97 Å². The van der Waals surface area contributed by atoms with Crippen LogP contribution in [0.15, 0.2) is 18.2 Å². The van der Waals surface area contributed by atoms with Gasteiger partial charge in [0.05, 0.1) is 0 Å². The lowest BCUT2D eigenvalue weighted by Crippen LogP contribution is -2.41. The first-order valence-electron chi connectivity index (χ1n) is 7.47. The van der Waals surface area contributed by atoms with Crippen molar-refractivity contribution in [2.45, 2.75) is 13.5 Å². The van der Waals surface area contributed by atoms with Crippen LogP contribution in [0.1, 0.15) is 12.5 Å². The molecule has 1 amide bonds. The van der Waals surface area contributed by atoms with E-state index in [1.807, 2.05) is 6.07 Å². The summed E-state index contributed by atoms with van der Waals surface area (Å²) in [5.74, 6) is -0.932. The van der Waals surface area contributed by atoms with Crippen LogP contribution in [0.5, 0.6) is 0 Å². The Morgan fingerprint density at radius 1 is 1.30 bits per heavy atom. The number of carbonyl (C=O) groups is 2. The fraction of sp³-hybridized carbons (Fsp3) is 0.500. The molecule has 0 bridgehead atoms. The fourth-order valence-electron chi connectivity index (χ4n) is 3.72. The molecule has 7 heteroatoms. The molecule has 0 spiro atoms. The maximum absolute atomic E-state index is 11.9. The molecule has 124 valence electrons. The molecule has 1 N–H and O–H groups in total. The van der Waals surface area contributed by atoms with E-state index in [2.05, 4.69) is 4.90 Å². The number of aliphatic carboxylic acids is 1. The molecule has 2 atom stereocenters. The number of carboxylic acids is 1. The van der Waals surface area contributed by atoms with Crippen LogP contribution in [-0.4, -0.2) is 53.0 Å². The highest BCUT2D eigenvalue weighted by atomic mass is 35.5. The minimum atomic E-state index is -0.870. The van der Waals surface area contributed by atoms with Crippen LogP contribution in [0.3, 0.4) is 0 Å². The highest BCUT2D eigenvalue weighted by Gasteiger charge is 2.58. The number of rotatable bonds is 3. The van der Waals surface area contributed by atoms with E-state index in [0.29, 0.717) is 36.2 Å². The molecule has 1 unspecified atom stereocenters. The lowest BCUT2D eigenvalue weighted by Gasteiger charge is -2.25. The van der Waals surface area contributed by atoms with Crippen molar-refractivity contribution in [1.29, 1.82) is 0 Å². The second kappa shape index (κ2) is 5.96. The molecule has 0 aliphatic carbocycles. The summed E-state index contributed by atoms with van der Waals surface area (Å²) in [6, 6.07) is 5.35. The SMILES string of the molecule is CC(=O)N1CC2CN(Cc3ccc(Cl)cc3Cl)C[C@]2(C(=O)O)C1. The van der Waals surface area contributed by atoms with Gasteiger partial charge < -0.3 is 10.0 Å². The molecule has 2 heterocycles. The Morgan fingerprint density at radius 2 is 2.04 bits per heavy atom. The molecule has 2 fully saturated rings. The summed E-state index contributed by atoms with van der Waals surface area (Å²) in [6.45, 7) is 3.94. The molecular weight excluding hydrogens is 339 g/mol. The summed E-state index contributed by atoms with van der Waals surface area (Å²) < 4.78 is 0. The number of hydrogen-bond donors (Lipinski definition) is 1. The van der Waals surface area contributed by atoms with E-state index in [9.17, 15) is 14.7 Å². The van der Waals surface area contributed by atoms with Crippen molar-refractivity contribution < 1.29 is 14.7 Å². The summed E-state index contributed by atoms with van der Waals surface area (Å²) >= 11 is 12.1. The van der Waals surface area contributed by atoms with Crippen LogP contribution >= 0.6 is 23.2 Å². The van der Waals surface area contributed by atoms with E-state index in [1.54, 1.807) is 17.0 Å². The molecule has 1 aromatic carbocycles. The Labute approximate surface area is 144 Å². The average Bonchev–Trinajstić information content (AvgIpc) is 2.96. The lowest BCUT2D eigenvalue weighted by molar-refractivity contribution is -0.149. The summed E-state index contributed by atoms with van der Waals surface area (Å²) in [7, 11) is 0. The Balaban J connectivity index is 1.77. The third-order valence-corrected chi connectivity index (χ3v) is 5.55. The smallest absolute Gasteiger partial charge is 0.313 e. The number of fused-ring (bicyclic) bond motifs is 1. The van der Waals surface area contributed by atoms with Gasteiger partial charge in [0.1, 0.15) is 5.41 Å². The topological polar surface area (TPSA) is 60.9 Å². The summed E-state index contributed by atoms with van der Waals surface area (Å²) in [6.07, 6.45) is 0. The number of nitrogens with zero attached hydrogens (tertiary/aromatic N) is 2. The lowest BCUT2D eigenvalue weighted by atomic mass is 9.81. The highest BCUT2D eigenvalue weighted by Crippen LogP contribution is 2.43. The molecule has 2 aliphatic rings. The summed E-state index contributed by atoms with van der Waals surface area (Å²) in [5.41, 5.74) is 0.0601. The van der Waals surface area contributed by atoms with Gasteiger partial charge in [0, 0.05) is 55.6 Å². The van der Waals surface area contributed by atoms with E-state index in [0.717, 1.165) is 5.56 Å². The van der Waals surface area contributed by atoms with Crippen LogP contribution in [0, 0.1) is 11.3 Å². The largest absolute Gasteiger partial charge is 0.481 e. The fourth-order valence-corrected chi connectivity index (χ4v) is 4.19. The van der Waals surface area contributed by atoms with Crippen LogP contribution in [0.25, 0.3) is 0 Å². The number of carbonyl (C=O) groups excluding carboxylic acids is 1. The molecular formula is C16H18Cl2N2O3. The molecule has 0 saturated carbocycles. The van der Waals surface area contributed by atoms with Crippen molar-refractivity contribution in [3.8, 4) is 0 Å². The van der Waals surface area contributed by atoms with Crippen LogP contribution in [0.4, 0.5) is 0 Å². The van der Waals surface area contributed by atoms with Crippen molar-refractivity contribution in [1.82, 2.24) is 9.80 Å². The van der Waals surface area contributed by atoms with Gasteiger partial charge in [-0.1, -0.05) is 29.3 Å². The molecule has 0 radical (unpaired) electrons. The highest BCUT2D eigenvalue weighted by molar-refractivity contribution is 6.35. The van der Waals surface area contributed by atoms with Gasteiger partial charge in [-0.3, -0.25) is 14.5 Å². The van der Waals surface area contributed by atoms with Gasteiger partial charge in [0.25, 0.3) is 0 Å². The van der Waals surface area contributed by atoms with Crippen molar-refractivity contribution >= 4 is 35.1 Å². The summed E-state index contributed by atoms with van der Waals surface area (Å²) in [4.78, 5) is 27.2. The zero-order chi connectivity index (χ0) is 16.8. The van der Waals surface area contributed by atoms with Crippen molar-refractivity contribution in [2.24, 2.45) is 11.3 Å². The van der Waals surface area contributed by atoms with Crippen LogP contribution < -0.4 is 0 Å². The molecule has 23 heavy (non-hydrogen) atoms. The number of hydrogen-bond acceptors (Lipinski definition) is 3. The van der Waals surface area contributed by atoms with Gasteiger partial charge in [-0.25, -0.2) is 0 Å². The zero-order valence-electron chi connectivity index (χ0n) is 12.8. The third-order valence-electron chi connectivity index (χ3n) is 4.96. The number of benzene rings is 1. The predicted octanol–water partition coefficient (Wildman–Crippen LogP) is 2.36. The first kappa shape index (κ1) is 16.6. The molecule has 3 rings (SSSR count). The average molecular weight is 357 g/mol. The second-order valence-corrected chi connectivity index (χ2v) is 7.31. The van der Waals surface area contributed by atoms with Gasteiger partial charge in [-0.2, -0.15) is 0 Å². The predicted molar refractivity (Wildman–Crippen MR) is 87.6 cm³/mol. The van der Waals surface area contributed by atoms with Gasteiger partial charge in [0.2, 0.25) is 5.91 Å². The van der Waals surface area contributed by atoms with Crippen molar-refractivity contribution in [2.75, 3.05) is 26.2 Å². The Hall–Kier alpha value is -1.30. The molecule has 5 nitrogen and oxygen atoms in total. The van der Waals surface area contributed by atoms with E-state index in [1.165, 1.54) is 6.92 Å². The van der Waals surface area contributed by atoms with E-state index in [4.69, 9.17) is 23.2 Å². The zero-order valence-corrected chi connectivity index (χ0v) is 14.3. The van der Waals surface area contributed by atoms with Crippen molar-refractivity contribution in [3.63, 3.8) is 0 Å². The molecule has 1 aromatic rings. The maximum Gasteiger partial charge on any atom is 0.313 e. The number of likely N-dealkylation sites (tertiary alicyclic amines) is 2. The molecule has 2 saturated heterocycles. The van der Waals surface area contributed by atoms with Crippen LogP contribution in [-0.2, 0) is 16.1 Å².